The zero-order chi connectivity index (χ0) is 15.3. The highest BCUT2D eigenvalue weighted by Crippen LogP contribution is 2.17. The Balaban J connectivity index is 2.88. The fourth-order valence-electron chi connectivity index (χ4n) is 1.46. The number of nitrogens with two attached hydrogens (primary N) is 1. The lowest BCUT2D eigenvalue weighted by atomic mass is 10.1. The topological polar surface area (TPSA) is 93.4 Å². The third-order valence-corrected chi connectivity index (χ3v) is 2.52. The average Bonchev–Trinajstić information content (AvgIpc) is 2.34. The Morgan fingerprint density at radius 2 is 1.80 bits per heavy atom. The molecule has 1 rings (SSSR count). The molecule has 0 aliphatic carbocycles. The SMILES string of the molecule is CC(C)(C)OC(=O)NC(C(=O)NN)c1ccc(Cl)cc1. The van der Waals surface area contributed by atoms with Gasteiger partial charge in [0.15, 0.2) is 0 Å². The molecule has 6 nitrogen and oxygen atoms in total. The summed E-state index contributed by atoms with van der Waals surface area (Å²) in [5.74, 6) is 4.57. The quantitative estimate of drug-likeness (QED) is 0.451. The first-order chi connectivity index (χ1) is 9.23. The molecule has 0 aliphatic rings. The number of nitrogens with one attached hydrogen (secondary N) is 2. The molecule has 0 aromatic heterocycles. The predicted molar refractivity (Wildman–Crippen MR) is 75.9 cm³/mol. The molecular formula is C13H18ClN3O3. The fourth-order valence-corrected chi connectivity index (χ4v) is 1.59. The van der Waals surface area contributed by atoms with E-state index in [2.05, 4.69) is 5.32 Å². The molecule has 1 aromatic rings. The number of hydrogen-bond acceptors (Lipinski definition) is 4. The van der Waals surface area contributed by atoms with Gasteiger partial charge in [-0.05, 0) is 38.5 Å². The maximum Gasteiger partial charge on any atom is 0.408 e. The van der Waals surface area contributed by atoms with Gasteiger partial charge in [0.1, 0.15) is 11.6 Å². The normalized spacial score (nSPS) is 12.4. The second kappa shape index (κ2) is 6.58. The van der Waals surface area contributed by atoms with Crippen molar-refractivity contribution in [2.45, 2.75) is 32.4 Å². The van der Waals surface area contributed by atoms with Gasteiger partial charge in [-0.3, -0.25) is 10.2 Å². The number of halogens is 1. The van der Waals surface area contributed by atoms with Gasteiger partial charge in [-0.2, -0.15) is 0 Å². The van der Waals surface area contributed by atoms with Crippen LogP contribution in [-0.2, 0) is 9.53 Å². The van der Waals surface area contributed by atoms with Crippen molar-refractivity contribution in [2.24, 2.45) is 5.84 Å². The van der Waals surface area contributed by atoms with Crippen LogP contribution in [0.4, 0.5) is 4.79 Å². The molecular weight excluding hydrogens is 282 g/mol. The highest BCUT2D eigenvalue weighted by Gasteiger charge is 2.25. The highest BCUT2D eigenvalue weighted by molar-refractivity contribution is 6.30. The maximum absolute atomic E-state index is 11.8. The summed E-state index contributed by atoms with van der Waals surface area (Å²) in [4.78, 5) is 23.5. The van der Waals surface area contributed by atoms with E-state index in [1.165, 1.54) is 0 Å². The summed E-state index contributed by atoms with van der Waals surface area (Å²) in [6.45, 7) is 5.19. The van der Waals surface area contributed by atoms with Crippen LogP contribution in [0.3, 0.4) is 0 Å². The molecule has 1 unspecified atom stereocenters. The maximum atomic E-state index is 11.8. The van der Waals surface area contributed by atoms with Crippen molar-refractivity contribution in [3.8, 4) is 0 Å². The average molecular weight is 300 g/mol. The van der Waals surface area contributed by atoms with Crippen LogP contribution in [0.5, 0.6) is 0 Å². The summed E-state index contributed by atoms with van der Waals surface area (Å²) in [5, 5.41) is 2.99. The summed E-state index contributed by atoms with van der Waals surface area (Å²) in [7, 11) is 0. The molecule has 0 aliphatic heterocycles. The van der Waals surface area contributed by atoms with E-state index in [1.54, 1.807) is 45.0 Å². The summed E-state index contributed by atoms with van der Waals surface area (Å²) < 4.78 is 5.11. The van der Waals surface area contributed by atoms with E-state index < -0.39 is 23.6 Å². The molecule has 0 bridgehead atoms. The molecule has 1 atom stereocenters. The van der Waals surface area contributed by atoms with Gasteiger partial charge in [0.05, 0.1) is 0 Å². The van der Waals surface area contributed by atoms with Gasteiger partial charge in [0, 0.05) is 5.02 Å². The lowest BCUT2D eigenvalue weighted by molar-refractivity contribution is -0.123. The first-order valence-corrected chi connectivity index (χ1v) is 6.36. The van der Waals surface area contributed by atoms with E-state index in [9.17, 15) is 9.59 Å². The van der Waals surface area contributed by atoms with Gasteiger partial charge in [-0.1, -0.05) is 23.7 Å². The van der Waals surface area contributed by atoms with Crippen LogP contribution < -0.4 is 16.6 Å². The standard InChI is InChI=1S/C13H18ClN3O3/c1-13(2,3)20-12(19)16-10(11(18)17-15)8-4-6-9(14)7-5-8/h4-7,10H,15H2,1-3H3,(H,16,19)(H,17,18). The summed E-state index contributed by atoms with van der Waals surface area (Å²) in [6, 6.07) is 5.53. The van der Waals surface area contributed by atoms with Crippen molar-refractivity contribution >= 4 is 23.6 Å². The third kappa shape index (κ3) is 5.07. The smallest absolute Gasteiger partial charge is 0.408 e. The summed E-state index contributed by atoms with van der Waals surface area (Å²) in [6.07, 6.45) is -0.707. The van der Waals surface area contributed by atoms with Gasteiger partial charge >= 0.3 is 6.09 Å². The minimum atomic E-state index is -0.952. The van der Waals surface area contributed by atoms with E-state index in [0.717, 1.165) is 0 Å². The number of ether oxygens (including phenoxy) is 1. The highest BCUT2D eigenvalue weighted by atomic mass is 35.5. The van der Waals surface area contributed by atoms with Gasteiger partial charge < -0.3 is 10.1 Å². The molecule has 0 radical (unpaired) electrons. The van der Waals surface area contributed by atoms with E-state index in [-0.39, 0.29) is 0 Å². The molecule has 1 aromatic carbocycles. The lowest BCUT2D eigenvalue weighted by Crippen LogP contribution is -2.44. The van der Waals surface area contributed by atoms with E-state index in [1.807, 2.05) is 5.43 Å². The van der Waals surface area contributed by atoms with Crippen molar-refractivity contribution < 1.29 is 14.3 Å². The van der Waals surface area contributed by atoms with Gasteiger partial charge in [0.25, 0.3) is 5.91 Å². The summed E-state index contributed by atoms with van der Waals surface area (Å²) >= 11 is 5.79. The molecule has 0 saturated carbocycles. The molecule has 2 amide bonds. The molecule has 0 saturated heterocycles. The van der Waals surface area contributed by atoms with Crippen molar-refractivity contribution in [3.05, 3.63) is 34.9 Å². The van der Waals surface area contributed by atoms with Crippen LogP contribution >= 0.6 is 11.6 Å². The number of carbonyl (C=O) groups is 2. The Kier molecular flexibility index (Phi) is 5.35. The minimum absolute atomic E-state index is 0.526. The number of hydrazine groups is 1. The first kappa shape index (κ1) is 16.3. The number of amides is 2. The fraction of sp³-hybridized carbons (Fsp3) is 0.385. The largest absolute Gasteiger partial charge is 0.444 e. The number of carbonyl (C=O) groups excluding carboxylic acids is 2. The monoisotopic (exact) mass is 299 g/mol. The van der Waals surface area contributed by atoms with Crippen LogP contribution in [0.15, 0.2) is 24.3 Å². The lowest BCUT2D eigenvalue weighted by Gasteiger charge is -2.23. The molecule has 0 spiro atoms. The molecule has 110 valence electrons. The second-order valence-corrected chi connectivity index (χ2v) is 5.58. The van der Waals surface area contributed by atoms with E-state index in [4.69, 9.17) is 22.2 Å². The zero-order valence-electron chi connectivity index (χ0n) is 11.6. The van der Waals surface area contributed by atoms with E-state index in [0.29, 0.717) is 10.6 Å². The van der Waals surface area contributed by atoms with Crippen LogP contribution in [0, 0.1) is 0 Å². The van der Waals surface area contributed by atoms with Crippen LogP contribution in [0.2, 0.25) is 5.02 Å². The number of rotatable bonds is 3. The van der Waals surface area contributed by atoms with Crippen molar-refractivity contribution in [2.75, 3.05) is 0 Å². The van der Waals surface area contributed by atoms with Crippen LogP contribution in [-0.4, -0.2) is 17.6 Å². The zero-order valence-corrected chi connectivity index (χ0v) is 12.3. The van der Waals surface area contributed by atoms with Crippen LogP contribution in [0.1, 0.15) is 32.4 Å². The first-order valence-electron chi connectivity index (χ1n) is 5.98. The van der Waals surface area contributed by atoms with Crippen molar-refractivity contribution in [3.63, 3.8) is 0 Å². The Morgan fingerprint density at radius 1 is 1.25 bits per heavy atom. The van der Waals surface area contributed by atoms with Gasteiger partial charge in [-0.25, -0.2) is 10.6 Å². The molecule has 0 fully saturated rings. The van der Waals surface area contributed by atoms with Crippen molar-refractivity contribution in [1.82, 2.24) is 10.7 Å². The molecule has 7 heteroatoms. The second-order valence-electron chi connectivity index (χ2n) is 5.14. The number of alkyl carbamates (subject to hydrolysis) is 1. The van der Waals surface area contributed by atoms with Crippen LogP contribution in [0.25, 0.3) is 0 Å². The Hall–Kier alpha value is -1.79. The summed E-state index contributed by atoms with van der Waals surface area (Å²) in [5.41, 5.74) is 1.89. The Bertz CT molecular complexity index is 483. The molecule has 20 heavy (non-hydrogen) atoms. The van der Waals surface area contributed by atoms with Gasteiger partial charge in [-0.15, -0.1) is 0 Å². The number of hydrogen-bond donors (Lipinski definition) is 3. The van der Waals surface area contributed by atoms with Gasteiger partial charge in [0.2, 0.25) is 0 Å². The Morgan fingerprint density at radius 3 is 2.25 bits per heavy atom. The minimum Gasteiger partial charge on any atom is -0.444 e. The van der Waals surface area contributed by atoms with E-state index >= 15 is 0 Å². The molecule has 4 N–H and O–H groups in total. The number of benzene rings is 1. The molecule has 0 heterocycles. The predicted octanol–water partition coefficient (Wildman–Crippen LogP) is 1.90. The third-order valence-electron chi connectivity index (χ3n) is 2.27. The van der Waals surface area contributed by atoms with Crippen molar-refractivity contribution in [1.29, 1.82) is 0 Å². The Labute approximate surface area is 122 Å².